The van der Waals surface area contributed by atoms with Gasteiger partial charge >= 0.3 is 41.9 Å². The first-order chi connectivity index (χ1) is 34.5. The summed E-state index contributed by atoms with van der Waals surface area (Å²) in [5.74, 6) is 0.958. The first-order valence-corrected chi connectivity index (χ1v) is 32.1. The summed E-state index contributed by atoms with van der Waals surface area (Å²) in [7, 11) is 0. The summed E-state index contributed by atoms with van der Waals surface area (Å²) >= 11 is 1.74. The van der Waals surface area contributed by atoms with Crippen LogP contribution in [-0.2, 0) is 36.2 Å². The van der Waals surface area contributed by atoms with Crippen LogP contribution in [0.5, 0.6) is 0 Å². The van der Waals surface area contributed by atoms with Crippen LogP contribution < -0.4 is 24.8 Å². The van der Waals surface area contributed by atoms with E-state index in [2.05, 4.69) is 264 Å². The Morgan fingerprint density at radius 2 is 0.608 bits per heavy atom. The summed E-state index contributed by atoms with van der Waals surface area (Å²) in [6, 6.07) is 68.4. The number of rotatable bonds is 10. The average molecular weight is 1100 g/mol. The number of halogens is 2. The molecule has 2 unspecified atom stereocenters. The maximum absolute atomic E-state index is 2.44. The molecule has 4 heteroatoms. The number of aryl methyl sites for hydroxylation is 8. The molecule has 10 rings (SSSR count). The maximum atomic E-state index is 2.44. The van der Waals surface area contributed by atoms with Gasteiger partial charge in [0.15, 0.2) is 0 Å². The van der Waals surface area contributed by atoms with E-state index in [4.69, 9.17) is 0 Å². The Labute approximate surface area is 471 Å². The van der Waals surface area contributed by atoms with Gasteiger partial charge in [-0.05, 0) is 102 Å². The largest absolute Gasteiger partial charge is 1.00 e. The second kappa shape index (κ2) is 25.9. The van der Waals surface area contributed by atoms with Crippen molar-refractivity contribution in [1.29, 1.82) is 0 Å². The van der Waals surface area contributed by atoms with Crippen molar-refractivity contribution in [3.8, 4) is 44.5 Å². The Hall–Kier alpha value is -5.34. The Morgan fingerprint density at radius 3 is 0.878 bits per heavy atom. The Morgan fingerprint density at radius 1 is 0.365 bits per heavy atom. The molecular formula is C70H72Cl2SiZr-2. The second-order valence-electron chi connectivity index (χ2n) is 21.2. The van der Waals surface area contributed by atoms with E-state index in [1.54, 1.807) is 23.3 Å². The molecule has 0 nitrogen and oxygen atoms in total. The second-order valence-corrected chi connectivity index (χ2v) is 30.6. The normalized spacial score (nSPS) is 11.6. The van der Waals surface area contributed by atoms with Gasteiger partial charge in [0.05, 0.1) is 0 Å². The fraction of sp³-hybridized carbons (Fsp3) is 0.229. The van der Waals surface area contributed by atoms with Crippen molar-refractivity contribution in [3.63, 3.8) is 0 Å². The van der Waals surface area contributed by atoms with Gasteiger partial charge in [-0.2, -0.15) is 12.1 Å². The van der Waals surface area contributed by atoms with E-state index in [-0.39, 0.29) is 30.2 Å². The molecule has 0 spiro atoms. The van der Waals surface area contributed by atoms with E-state index < -0.39 is 0 Å². The van der Waals surface area contributed by atoms with Crippen LogP contribution in [-0.4, -0.2) is 5.43 Å². The van der Waals surface area contributed by atoms with Gasteiger partial charge < -0.3 is 24.8 Å². The zero-order valence-electron chi connectivity index (χ0n) is 45.6. The van der Waals surface area contributed by atoms with Gasteiger partial charge in [0, 0.05) is 0 Å². The van der Waals surface area contributed by atoms with Gasteiger partial charge in [-0.25, -0.2) is 0 Å². The fourth-order valence-corrected chi connectivity index (χ4v) is 11.0. The summed E-state index contributed by atoms with van der Waals surface area (Å²) in [4.78, 5) is 0. The predicted octanol–water partition coefficient (Wildman–Crippen LogP) is 13.7. The Kier molecular flexibility index (Phi) is 20.3. The molecule has 0 fully saturated rings. The molecule has 0 heterocycles. The van der Waals surface area contributed by atoms with Gasteiger partial charge in [-0.1, -0.05) is 249 Å². The van der Waals surface area contributed by atoms with Crippen LogP contribution in [0.15, 0.2) is 182 Å². The van der Waals surface area contributed by atoms with E-state index >= 15 is 0 Å². The molecule has 0 N–H and O–H groups in total. The minimum Gasteiger partial charge on any atom is -1.00 e. The van der Waals surface area contributed by atoms with Gasteiger partial charge in [0.1, 0.15) is 0 Å². The van der Waals surface area contributed by atoms with E-state index in [1.165, 1.54) is 133 Å². The minimum absolute atomic E-state index is 0. The van der Waals surface area contributed by atoms with Crippen molar-refractivity contribution in [2.24, 2.45) is 0 Å². The molecule has 2 atom stereocenters. The summed E-state index contributed by atoms with van der Waals surface area (Å²) in [5.41, 5.74) is 26.9. The molecular weight excluding hydrogens is 1030 g/mol. The molecule has 376 valence electrons. The zero-order chi connectivity index (χ0) is 51.2. The van der Waals surface area contributed by atoms with Crippen molar-refractivity contribution < 1.29 is 48.1 Å². The zero-order valence-corrected chi connectivity index (χ0v) is 50.6. The van der Waals surface area contributed by atoms with Crippen molar-refractivity contribution >= 4 is 27.0 Å². The van der Waals surface area contributed by atoms with Crippen LogP contribution in [0.25, 0.3) is 66.1 Å². The van der Waals surface area contributed by atoms with E-state index in [1.807, 2.05) is 0 Å². The molecule has 0 saturated carbocycles. The maximum Gasteiger partial charge on any atom is -0.0165 e. The van der Waals surface area contributed by atoms with Gasteiger partial charge in [0.25, 0.3) is 0 Å². The topological polar surface area (TPSA) is 0 Å². The first-order valence-electron chi connectivity index (χ1n) is 25.9. The molecule has 0 saturated heterocycles. The first kappa shape index (κ1) is 57.9. The van der Waals surface area contributed by atoms with Crippen LogP contribution in [0.1, 0.15) is 92.4 Å². The van der Waals surface area contributed by atoms with E-state index in [0.717, 1.165) is 12.8 Å². The number of hydrogen-bond donors (Lipinski definition) is 0. The minimum atomic E-state index is 0. The van der Waals surface area contributed by atoms with Crippen molar-refractivity contribution in [2.75, 3.05) is 0 Å². The molecule has 0 amide bonds. The van der Waals surface area contributed by atoms with Crippen LogP contribution >= 0.6 is 0 Å². The third-order valence-corrected chi connectivity index (χ3v) is 13.8. The third-order valence-electron chi connectivity index (χ3n) is 13.8. The van der Waals surface area contributed by atoms with Crippen LogP contribution in [0.4, 0.5) is 0 Å². The Bertz CT molecular complexity index is 3030. The molecule has 0 radical (unpaired) electrons. The van der Waals surface area contributed by atoms with Crippen LogP contribution in [0, 0.1) is 55.4 Å². The van der Waals surface area contributed by atoms with Gasteiger partial charge in [-0.3, -0.25) is 0 Å². The van der Waals surface area contributed by atoms with E-state index in [9.17, 15) is 0 Å². The summed E-state index contributed by atoms with van der Waals surface area (Å²) < 4.78 is 0. The molecule has 10 aromatic carbocycles. The summed E-state index contributed by atoms with van der Waals surface area (Å²) in [6.45, 7) is 26.8. The third kappa shape index (κ3) is 14.5. The summed E-state index contributed by atoms with van der Waals surface area (Å²) in [5, 5.41) is 5.43. The molecule has 0 aromatic heterocycles. The van der Waals surface area contributed by atoms with Crippen molar-refractivity contribution in [3.05, 3.63) is 249 Å². The molecule has 74 heavy (non-hydrogen) atoms. The van der Waals surface area contributed by atoms with E-state index in [0.29, 0.717) is 11.8 Å². The quantitative estimate of drug-likeness (QED) is 0.0946. The van der Waals surface area contributed by atoms with Crippen molar-refractivity contribution in [1.82, 2.24) is 0 Å². The molecule has 0 aliphatic rings. The number of benzene rings is 8. The predicted molar refractivity (Wildman–Crippen MR) is 313 cm³/mol. The number of hydrogen-bond acceptors (Lipinski definition) is 0. The molecule has 10 aromatic rings. The van der Waals surface area contributed by atoms with Crippen LogP contribution in [0.3, 0.4) is 0 Å². The molecule has 0 aliphatic heterocycles. The fourth-order valence-electron chi connectivity index (χ4n) is 11.0. The average Bonchev–Trinajstić information content (AvgIpc) is 3.94. The summed E-state index contributed by atoms with van der Waals surface area (Å²) in [6.07, 6.45) is 2.08. The monoisotopic (exact) mass is 1100 g/mol. The van der Waals surface area contributed by atoms with Crippen LogP contribution in [0.2, 0.25) is 13.1 Å². The van der Waals surface area contributed by atoms with Gasteiger partial charge in [-0.15, -0.1) is 44.8 Å². The SMILES string of the molecule is C[Si](C)=[Zr+2].Cc1cc(C)cc(-c2ccc(-c3cc(C)cc(C)c3)c3[cH-]c(CC(C)c4ccccc4)cc23)c1.Cc1cc(C)cc(-c2ccc(-c3cc(C)cc(C)c3)c3[cH-]c(CC(C)c4ccccc4)cc23)c1.[Cl-].[Cl-]. The smallest absolute Gasteiger partial charge is 0.0165 e. The van der Waals surface area contributed by atoms with Gasteiger partial charge in [0.2, 0.25) is 0 Å². The standard InChI is InChI=1S/2C34H33.C2H6Si.2ClH.Zr/c2*1-22-13-23(2)16-29(15-22)31-11-12-32(30-17-24(3)14-25(4)18-30)34-21-27(20-33(31)34)19-26(5)28-9-7-6-8-10-28;1-3-2;;;/h2*6-18,20-21,26H,19H2,1-5H3;1-2H3;2*1H;/q2*-1;;;;+2/p-2. The molecule has 0 aliphatic carbocycles. The number of fused-ring (bicyclic) bond motifs is 2. The van der Waals surface area contributed by atoms with Crippen molar-refractivity contribution in [2.45, 2.75) is 107 Å². The molecule has 0 bridgehead atoms. The Balaban J connectivity index is 0.000000219.